The SMILES string of the molecule is C=C(CCC)OCC.C=C/C(C)=C\C=C/C.CC(C)(CO)COCCC(O)O.CCC.O=C(O)CCO.O=CO. The summed E-state index contributed by atoms with van der Waals surface area (Å²) in [6, 6.07) is 0. The number of allylic oxidation sites excluding steroid dienone is 6. The molecule has 10 nitrogen and oxygen atoms in total. The van der Waals surface area contributed by atoms with Gasteiger partial charge in [-0.2, -0.15) is 0 Å². The predicted molar refractivity (Wildman–Crippen MR) is 163 cm³/mol. The molecule has 0 saturated heterocycles. The van der Waals surface area contributed by atoms with Crippen LogP contribution in [-0.4, -0.2) is 82.4 Å². The Balaban J connectivity index is -0.0000000923. The number of carboxylic acid groups (broad SMARTS) is 2. The van der Waals surface area contributed by atoms with Crippen LogP contribution in [0, 0.1) is 5.41 Å². The number of carbonyl (C=O) groups is 2. The number of carboxylic acids is 1. The molecule has 0 aromatic rings. The van der Waals surface area contributed by atoms with E-state index in [1.807, 2.05) is 58.9 Å². The molecule has 0 radical (unpaired) electrons. The summed E-state index contributed by atoms with van der Waals surface area (Å²) in [5.74, 6) is -0.0486. The van der Waals surface area contributed by atoms with E-state index >= 15 is 0 Å². The highest BCUT2D eigenvalue weighted by atomic mass is 16.5. The minimum Gasteiger partial charge on any atom is -0.499 e. The summed E-state index contributed by atoms with van der Waals surface area (Å²) in [6.45, 7) is 24.5. The molecule has 0 aromatic heterocycles. The van der Waals surface area contributed by atoms with Crippen molar-refractivity contribution < 1.29 is 49.7 Å². The van der Waals surface area contributed by atoms with Crippen molar-refractivity contribution in [3.8, 4) is 0 Å². The molecule has 0 saturated carbocycles. The molecule has 10 heteroatoms. The first-order valence-corrected chi connectivity index (χ1v) is 13.4. The van der Waals surface area contributed by atoms with Gasteiger partial charge in [-0.15, -0.1) is 0 Å². The lowest BCUT2D eigenvalue weighted by Crippen LogP contribution is -2.24. The second-order valence-corrected chi connectivity index (χ2v) is 8.69. The number of ether oxygens (including phenoxy) is 2. The average molecular weight is 581 g/mol. The highest BCUT2D eigenvalue weighted by Crippen LogP contribution is 2.13. The molecule has 0 aliphatic rings. The molecule has 0 rings (SSSR count). The van der Waals surface area contributed by atoms with Crippen molar-refractivity contribution in [1.82, 2.24) is 0 Å². The molecular weight excluding hydrogens is 520 g/mol. The van der Waals surface area contributed by atoms with Crippen molar-refractivity contribution in [2.45, 2.75) is 93.8 Å². The Morgan fingerprint density at radius 3 is 1.85 bits per heavy atom. The molecule has 0 amide bonds. The number of hydrogen-bond acceptors (Lipinski definition) is 8. The van der Waals surface area contributed by atoms with Gasteiger partial charge in [-0.3, -0.25) is 9.59 Å². The molecule has 0 spiro atoms. The van der Waals surface area contributed by atoms with E-state index in [1.165, 1.54) is 12.0 Å². The minimum atomic E-state index is -1.30. The average Bonchev–Trinajstić information content (AvgIpc) is 2.87. The topological polar surface area (TPSA) is 174 Å². The van der Waals surface area contributed by atoms with E-state index in [2.05, 4.69) is 33.9 Å². The number of hydrogen-bond donors (Lipinski definition) is 6. The smallest absolute Gasteiger partial charge is 0.305 e. The van der Waals surface area contributed by atoms with E-state index in [1.54, 1.807) is 0 Å². The predicted octanol–water partition coefficient (Wildman–Crippen LogP) is 5.32. The highest BCUT2D eigenvalue weighted by molar-refractivity contribution is 5.66. The third-order valence-corrected chi connectivity index (χ3v) is 3.52. The van der Waals surface area contributed by atoms with Crippen molar-refractivity contribution >= 4 is 12.4 Å². The Labute approximate surface area is 243 Å². The summed E-state index contributed by atoms with van der Waals surface area (Å²) in [4.78, 5) is 17.8. The summed E-state index contributed by atoms with van der Waals surface area (Å²) in [5, 5.41) is 48.3. The van der Waals surface area contributed by atoms with Crippen LogP contribution in [0.25, 0.3) is 0 Å². The van der Waals surface area contributed by atoms with Gasteiger partial charge >= 0.3 is 5.97 Å². The van der Waals surface area contributed by atoms with Crippen LogP contribution in [0.5, 0.6) is 0 Å². The van der Waals surface area contributed by atoms with Crippen LogP contribution in [0.1, 0.15) is 87.5 Å². The van der Waals surface area contributed by atoms with Crippen molar-refractivity contribution in [2.24, 2.45) is 5.41 Å². The lowest BCUT2D eigenvalue weighted by atomic mass is 9.97. The van der Waals surface area contributed by atoms with E-state index in [-0.39, 0.29) is 37.9 Å². The van der Waals surface area contributed by atoms with Crippen molar-refractivity contribution in [3.63, 3.8) is 0 Å². The lowest BCUT2D eigenvalue weighted by molar-refractivity contribution is -0.137. The summed E-state index contributed by atoms with van der Waals surface area (Å²) < 4.78 is 10.2. The number of rotatable bonds is 14. The fourth-order valence-electron chi connectivity index (χ4n) is 1.55. The zero-order chi connectivity index (χ0) is 32.8. The van der Waals surface area contributed by atoms with E-state index < -0.39 is 12.3 Å². The van der Waals surface area contributed by atoms with Crippen molar-refractivity contribution in [2.75, 3.05) is 33.0 Å². The monoisotopic (exact) mass is 580 g/mol. The van der Waals surface area contributed by atoms with Crippen LogP contribution in [0.15, 0.2) is 48.8 Å². The second-order valence-electron chi connectivity index (χ2n) is 8.69. The molecule has 0 bridgehead atoms. The van der Waals surface area contributed by atoms with E-state index in [0.29, 0.717) is 13.2 Å². The van der Waals surface area contributed by atoms with Gasteiger partial charge < -0.3 is 40.1 Å². The molecule has 0 aromatic carbocycles. The summed E-state index contributed by atoms with van der Waals surface area (Å²) in [7, 11) is 0. The van der Waals surface area contributed by atoms with Crippen LogP contribution in [0.2, 0.25) is 0 Å². The Morgan fingerprint density at radius 2 is 1.57 bits per heavy atom. The van der Waals surface area contributed by atoms with Crippen LogP contribution < -0.4 is 0 Å². The normalized spacial score (nSPS) is 9.97. The lowest BCUT2D eigenvalue weighted by Gasteiger charge is -2.21. The first-order chi connectivity index (χ1) is 18.7. The Kier molecular flexibility index (Phi) is 54.8. The molecule has 0 aliphatic heterocycles. The number of aliphatic hydroxyl groups excluding tert-OH is 3. The highest BCUT2D eigenvalue weighted by Gasteiger charge is 2.16. The van der Waals surface area contributed by atoms with E-state index in [9.17, 15) is 4.79 Å². The maximum absolute atomic E-state index is 9.44. The first kappa shape index (κ1) is 50.3. The van der Waals surface area contributed by atoms with Crippen molar-refractivity contribution in [1.29, 1.82) is 0 Å². The summed E-state index contributed by atoms with van der Waals surface area (Å²) in [6.07, 6.45) is 9.97. The van der Waals surface area contributed by atoms with Crippen molar-refractivity contribution in [3.05, 3.63) is 48.8 Å². The molecule has 0 heterocycles. The Hall–Kier alpha value is -2.50. The number of aliphatic hydroxyl groups is 4. The zero-order valence-corrected chi connectivity index (χ0v) is 26.3. The van der Waals surface area contributed by atoms with E-state index in [0.717, 1.165) is 25.2 Å². The van der Waals surface area contributed by atoms with Crippen LogP contribution in [0.3, 0.4) is 0 Å². The maximum Gasteiger partial charge on any atom is 0.305 e. The third-order valence-electron chi connectivity index (χ3n) is 3.52. The summed E-state index contributed by atoms with van der Waals surface area (Å²) >= 11 is 0. The van der Waals surface area contributed by atoms with Gasteiger partial charge in [-0.25, -0.2) is 0 Å². The molecule has 0 fully saturated rings. The maximum atomic E-state index is 9.44. The first-order valence-electron chi connectivity index (χ1n) is 13.4. The molecule has 0 atom stereocenters. The van der Waals surface area contributed by atoms with Gasteiger partial charge in [0.25, 0.3) is 6.47 Å². The van der Waals surface area contributed by atoms with Gasteiger partial charge in [0.05, 0.1) is 45.2 Å². The Morgan fingerprint density at radius 1 is 1.07 bits per heavy atom. The third kappa shape index (κ3) is 76.5. The molecule has 40 heavy (non-hydrogen) atoms. The summed E-state index contributed by atoms with van der Waals surface area (Å²) in [5.41, 5.74) is 0.948. The fraction of sp³-hybridized carbons (Fsp3) is 0.667. The number of aliphatic carboxylic acids is 1. The fourth-order valence-corrected chi connectivity index (χ4v) is 1.55. The molecule has 240 valence electrons. The molecule has 6 N–H and O–H groups in total. The van der Waals surface area contributed by atoms with Gasteiger partial charge in [-0.1, -0.05) is 84.1 Å². The zero-order valence-electron chi connectivity index (χ0n) is 26.3. The van der Waals surface area contributed by atoms with Crippen LogP contribution in [-0.2, 0) is 19.1 Å². The van der Waals surface area contributed by atoms with Gasteiger partial charge in [0.15, 0.2) is 6.29 Å². The Bertz CT molecular complexity index is 589. The van der Waals surface area contributed by atoms with Gasteiger partial charge in [-0.05, 0) is 27.2 Å². The molecule has 0 aliphatic carbocycles. The van der Waals surface area contributed by atoms with Crippen LogP contribution in [0.4, 0.5) is 0 Å². The minimum absolute atomic E-state index is 0.0642. The quantitative estimate of drug-likeness (QED) is 0.0518. The van der Waals surface area contributed by atoms with Crippen LogP contribution >= 0.6 is 0 Å². The van der Waals surface area contributed by atoms with Gasteiger partial charge in [0, 0.05) is 18.3 Å². The standard InChI is InChI=1S/C8H18O4.C8H12.C7H14O.C3H6O3.C3H8.CH2O2/c1-8(2,5-9)6-12-4-3-7(10)11;1-4-6-7-8(3)5-2;1-4-6-7(3)8-5-2;4-2-1-3(5)6;1-3-2;2-1-3/h7,9-11H,3-6H2,1-2H3;4-7H,2H2,1,3H3;3-6H2,1-2H3;4H,1-2H2,(H,5,6);3H2,1-2H3;1H,(H,2,3)/b;6-4-,8-7-;;;;. The van der Waals surface area contributed by atoms with Gasteiger partial charge in [0.1, 0.15) is 0 Å². The van der Waals surface area contributed by atoms with E-state index in [4.69, 9.17) is 44.9 Å². The molecule has 0 unspecified atom stereocenters. The largest absolute Gasteiger partial charge is 0.499 e. The molecular formula is C30H60O10. The second kappa shape index (κ2) is 43.5. The van der Waals surface area contributed by atoms with Gasteiger partial charge in [0.2, 0.25) is 0 Å².